The second-order valence-corrected chi connectivity index (χ2v) is 4.98. The number of hydrogen-bond acceptors (Lipinski definition) is 4. The molecule has 0 atom stereocenters. The van der Waals surface area contributed by atoms with Crippen molar-refractivity contribution in [1.82, 2.24) is 10.2 Å². The van der Waals surface area contributed by atoms with Crippen LogP contribution in [-0.2, 0) is 9.59 Å². The fraction of sp³-hybridized carbons (Fsp3) is 0.357. The molecule has 1 fully saturated rings. The standard InChI is InChI=1S/C14H17N3O3/c1-9(2)15-11-6-4-3-5-10(11)14(20)17-7-12(18)16-13(19)8-17/h3-6,9,15H,7-8H2,1-2H3,(H,16,18,19). The Morgan fingerprint density at radius 3 is 2.40 bits per heavy atom. The van der Waals surface area contributed by atoms with Crippen LogP contribution in [0.25, 0.3) is 0 Å². The molecule has 0 saturated carbocycles. The van der Waals surface area contributed by atoms with Crippen LogP contribution in [-0.4, -0.2) is 41.8 Å². The van der Waals surface area contributed by atoms with Crippen molar-refractivity contribution >= 4 is 23.4 Å². The highest BCUT2D eigenvalue weighted by molar-refractivity contribution is 6.07. The highest BCUT2D eigenvalue weighted by Crippen LogP contribution is 2.18. The van der Waals surface area contributed by atoms with Gasteiger partial charge in [-0.15, -0.1) is 0 Å². The summed E-state index contributed by atoms with van der Waals surface area (Å²) in [7, 11) is 0. The summed E-state index contributed by atoms with van der Waals surface area (Å²) in [4.78, 5) is 36.4. The second kappa shape index (κ2) is 5.73. The van der Waals surface area contributed by atoms with Gasteiger partial charge in [-0.2, -0.15) is 0 Å². The zero-order chi connectivity index (χ0) is 14.7. The van der Waals surface area contributed by atoms with Crippen molar-refractivity contribution in [1.29, 1.82) is 0 Å². The summed E-state index contributed by atoms with van der Waals surface area (Å²) in [5.41, 5.74) is 1.16. The van der Waals surface area contributed by atoms with Crippen molar-refractivity contribution in [2.24, 2.45) is 0 Å². The second-order valence-electron chi connectivity index (χ2n) is 4.98. The maximum atomic E-state index is 12.4. The van der Waals surface area contributed by atoms with Crippen LogP contribution in [0.1, 0.15) is 24.2 Å². The van der Waals surface area contributed by atoms with Crippen LogP contribution in [0.4, 0.5) is 5.69 Å². The molecule has 0 aliphatic carbocycles. The van der Waals surface area contributed by atoms with E-state index in [1.807, 2.05) is 19.9 Å². The Bertz CT molecular complexity index is 538. The number of imide groups is 1. The number of anilines is 1. The number of amides is 3. The van der Waals surface area contributed by atoms with Crippen LogP contribution in [0.5, 0.6) is 0 Å². The molecule has 1 saturated heterocycles. The smallest absolute Gasteiger partial charge is 0.256 e. The zero-order valence-corrected chi connectivity index (χ0v) is 11.5. The molecule has 6 heteroatoms. The first kappa shape index (κ1) is 14.0. The lowest BCUT2D eigenvalue weighted by atomic mass is 10.1. The molecule has 0 bridgehead atoms. The number of carbonyl (C=O) groups excluding carboxylic acids is 3. The highest BCUT2D eigenvalue weighted by Gasteiger charge is 2.28. The molecule has 2 N–H and O–H groups in total. The topological polar surface area (TPSA) is 78.5 Å². The van der Waals surface area contributed by atoms with Crippen LogP contribution < -0.4 is 10.6 Å². The highest BCUT2D eigenvalue weighted by atomic mass is 16.2. The Morgan fingerprint density at radius 2 is 1.80 bits per heavy atom. The van der Waals surface area contributed by atoms with Crippen molar-refractivity contribution in [2.45, 2.75) is 19.9 Å². The number of piperazine rings is 1. The molecule has 2 rings (SSSR count). The molecule has 3 amide bonds. The molecule has 0 spiro atoms. The number of nitrogens with one attached hydrogen (secondary N) is 2. The first-order valence-corrected chi connectivity index (χ1v) is 6.45. The number of rotatable bonds is 3. The molecule has 106 valence electrons. The van der Waals surface area contributed by atoms with Gasteiger partial charge in [0.2, 0.25) is 11.8 Å². The van der Waals surface area contributed by atoms with Crippen LogP contribution in [0.3, 0.4) is 0 Å². The minimum atomic E-state index is -0.455. The molecular weight excluding hydrogens is 258 g/mol. The molecule has 20 heavy (non-hydrogen) atoms. The molecule has 0 radical (unpaired) electrons. The predicted octanol–water partition coefficient (Wildman–Crippen LogP) is 0.605. The molecule has 1 aromatic carbocycles. The number of hydrogen-bond donors (Lipinski definition) is 2. The maximum Gasteiger partial charge on any atom is 0.256 e. The Balaban J connectivity index is 2.24. The number of carbonyl (C=O) groups is 3. The summed E-state index contributed by atoms with van der Waals surface area (Å²) in [5.74, 6) is -1.23. The summed E-state index contributed by atoms with van der Waals surface area (Å²) in [5, 5.41) is 5.36. The SMILES string of the molecule is CC(C)Nc1ccccc1C(=O)N1CC(=O)NC(=O)C1. The van der Waals surface area contributed by atoms with Gasteiger partial charge in [-0.05, 0) is 26.0 Å². The van der Waals surface area contributed by atoms with E-state index in [1.165, 1.54) is 4.90 Å². The van der Waals surface area contributed by atoms with Gasteiger partial charge < -0.3 is 10.2 Å². The summed E-state index contributed by atoms with van der Waals surface area (Å²) in [6.45, 7) is 3.75. The lowest BCUT2D eigenvalue weighted by molar-refractivity contribution is -0.135. The van der Waals surface area contributed by atoms with Gasteiger partial charge in [0.25, 0.3) is 5.91 Å². The summed E-state index contributed by atoms with van der Waals surface area (Å²) in [6, 6.07) is 7.25. The number of benzene rings is 1. The molecular formula is C14H17N3O3. The third-order valence-corrected chi connectivity index (χ3v) is 2.84. The number of para-hydroxylation sites is 1. The van der Waals surface area contributed by atoms with E-state index in [4.69, 9.17) is 0 Å². The fourth-order valence-corrected chi connectivity index (χ4v) is 2.06. The Kier molecular flexibility index (Phi) is 4.02. The minimum absolute atomic E-state index is 0.0966. The average molecular weight is 275 g/mol. The lowest BCUT2D eigenvalue weighted by Gasteiger charge is -2.26. The Hall–Kier alpha value is -2.37. The summed E-state index contributed by atoms with van der Waals surface area (Å²) in [6.07, 6.45) is 0. The largest absolute Gasteiger partial charge is 0.382 e. The van der Waals surface area contributed by atoms with Gasteiger partial charge in [-0.25, -0.2) is 0 Å². The molecule has 1 heterocycles. The van der Waals surface area contributed by atoms with E-state index < -0.39 is 11.8 Å². The van der Waals surface area contributed by atoms with E-state index >= 15 is 0 Å². The molecule has 6 nitrogen and oxygen atoms in total. The van der Waals surface area contributed by atoms with Crippen molar-refractivity contribution in [3.63, 3.8) is 0 Å². The van der Waals surface area contributed by atoms with Crippen LogP contribution in [0.15, 0.2) is 24.3 Å². The quantitative estimate of drug-likeness (QED) is 0.792. The Labute approximate surface area is 117 Å². The van der Waals surface area contributed by atoms with Crippen molar-refractivity contribution in [2.75, 3.05) is 18.4 Å². The first-order chi connectivity index (χ1) is 9.47. The van der Waals surface area contributed by atoms with Gasteiger partial charge in [0.1, 0.15) is 13.1 Å². The fourth-order valence-electron chi connectivity index (χ4n) is 2.06. The van der Waals surface area contributed by atoms with Crippen LogP contribution in [0, 0.1) is 0 Å². The third-order valence-electron chi connectivity index (χ3n) is 2.84. The predicted molar refractivity (Wildman–Crippen MR) is 74.3 cm³/mol. The molecule has 0 unspecified atom stereocenters. The van der Waals surface area contributed by atoms with E-state index in [0.717, 1.165) is 0 Å². The van der Waals surface area contributed by atoms with E-state index in [2.05, 4.69) is 10.6 Å². The maximum absolute atomic E-state index is 12.4. The van der Waals surface area contributed by atoms with Gasteiger partial charge in [-0.3, -0.25) is 19.7 Å². The monoisotopic (exact) mass is 275 g/mol. The lowest BCUT2D eigenvalue weighted by Crippen LogP contribution is -2.53. The van der Waals surface area contributed by atoms with Gasteiger partial charge in [0, 0.05) is 11.7 Å². The van der Waals surface area contributed by atoms with Crippen molar-refractivity contribution in [3.05, 3.63) is 29.8 Å². The molecule has 0 aromatic heterocycles. The van der Waals surface area contributed by atoms with Gasteiger partial charge >= 0.3 is 0 Å². The summed E-state index contributed by atoms with van der Waals surface area (Å²) < 4.78 is 0. The average Bonchev–Trinajstić information content (AvgIpc) is 2.36. The van der Waals surface area contributed by atoms with Crippen LogP contribution >= 0.6 is 0 Å². The number of nitrogens with zero attached hydrogens (tertiary/aromatic N) is 1. The third kappa shape index (κ3) is 3.14. The molecule has 1 aliphatic heterocycles. The molecule has 1 aliphatic rings. The van der Waals surface area contributed by atoms with Crippen molar-refractivity contribution in [3.8, 4) is 0 Å². The van der Waals surface area contributed by atoms with E-state index in [1.54, 1.807) is 18.2 Å². The normalized spacial score (nSPS) is 15.2. The van der Waals surface area contributed by atoms with Crippen molar-refractivity contribution < 1.29 is 14.4 Å². The summed E-state index contributed by atoms with van der Waals surface area (Å²) >= 11 is 0. The van der Waals surface area contributed by atoms with E-state index in [9.17, 15) is 14.4 Å². The van der Waals surface area contributed by atoms with E-state index in [-0.39, 0.29) is 25.0 Å². The first-order valence-electron chi connectivity index (χ1n) is 6.45. The van der Waals surface area contributed by atoms with Gasteiger partial charge in [0.05, 0.1) is 5.56 Å². The van der Waals surface area contributed by atoms with Crippen LogP contribution in [0.2, 0.25) is 0 Å². The van der Waals surface area contributed by atoms with Gasteiger partial charge in [-0.1, -0.05) is 12.1 Å². The van der Waals surface area contributed by atoms with E-state index in [0.29, 0.717) is 11.3 Å². The molecule has 1 aromatic rings. The minimum Gasteiger partial charge on any atom is -0.382 e. The Morgan fingerprint density at radius 1 is 1.20 bits per heavy atom. The zero-order valence-electron chi connectivity index (χ0n) is 11.5. The van der Waals surface area contributed by atoms with Gasteiger partial charge in [0.15, 0.2) is 0 Å².